The number of hydrogen-bond acceptors (Lipinski definition) is 3. The van der Waals surface area contributed by atoms with Crippen LogP contribution in [0, 0.1) is 0 Å². The van der Waals surface area contributed by atoms with Gasteiger partial charge < -0.3 is 14.8 Å². The SMILES string of the molecule is O=C(Cc1cccc(Cl)c1)NC1(c2ccc3c(c2)OCO3)CCCC1. The van der Waals surface area contributed by atoms with Crippen molar-refractivity contribution < 1.29 is 14.3 Å². The van der Waals surface area contributed by atoms with Gasteiger partial charge in [-0.1, -0.05) is 42.6 Å². The molecular weight excluding hydrogens is 338 g/mol. The van der Waals surface area contributed by atoms with Crippen molar-refractivity contribution in [1.29, 1.82) is 0 Å². The van der Waals surface area contributed by atoms with Gasteiger partial charge >= 0.3 is 0 Å². The molecule has 2 aliphatic rings. The van der Waals surface area contributed by atoms with Gasteiger partial charge in [0.25, 0.3) is 0 Å². The second-order valence-electron chi connectivity index (χ2n) is 6.71. The van der Waals surface area contributed by atoms with E-state index in [-0.39, 0.29) is 18.2 Å². The first-order valence-corrected chi connectivity index (χ1v) is 8.98. The molecule has 1 aliphatic carbocycles. The molecule has 0 aromatic heterocycles. The molecule has 0 unspecified atom stereocenters. The summed E-state index contributed by atoms with van der Waals surface area (Å²) in [5.41, 5.74) is 1.69. The van der Waals surface area contributed by atoms with Gasteiger partial charge in [-0.15, -0.1) is 0 Å². The molecule has 0 atom stereocenters. The third kappa shape index (κ3) is 3.31. The Balaban J connectivity index is 1.55. The lowest BCUT2D eigenvalue weighted by molar-refractivity contribution is -0.122. The second kappa shape index (κ2) is 6.60. The largest absolute Gasteiger partial charge is 0.454 e. The van der Waals surface area contributed by atoms with E-state index in [4.69, 9.17) is 21.1 Å². The van der Waals surface area contributed by atoms with Crippen molar-refractivity contribution in [3.05, 3.63) is 58.6 Å². The highest BCUT2D eigenvalue weighted by Gasteiger charge is 2.37. The van der Waals surface area contributed by atoms with Crippen LogP contribution >= 0.6 is 11.6 Å². The molecule has 2 aromatic carbocycles. The van der Waals surface area contributed by atoms with Crippen LogP contribution in [0.4, 0.5) is 0 Å². The quantitative estimate of drug-likeness (QED) is 0.892. The van der Waals surface area contributed by atoms with Crippen molar-refractivity contribution in [2.45, 2.75) is 37.6 Å². The van der Waals surface area contributed by atoms with Crippen LogP contribution in [0.3, 0.4) is 0 Å². The van der Waals surface area contributed by atoms with Gasteiger partial charge in [0.05, 0.1) is 12.0 Å². The maximum absolute atomic E-state index is 12.7. The Bertz CT molecular complexity index is 799. The summed E-state index contributed by atoms with van der Waals surface area (Å²) in [5, 5.41) is 3.94. The van der Waals surface area contributed by atoms with E-state index in [0.717, 1.165) is 48.3 Å². The fraction of sp³-hybridized carbons (Fsp3) is 0.350. The van der Waals surface area contributed by atoms with Gasteiger partial charge in [0.15, 0.2) is 11.5 Å². The maximum atomic E-state index is 12.7. The van der Waals surface area contributed by atoms with Crippen LogP contribution in [0.15, 0.2) is 42.5 Å². The number of ether oxygens (including phenoxy) is 2. The van der Waals surface area contributed by atoms with E-state index in [1.54, 1.807) is 0 Å². The molecule has 1 aliphatic heterocycles. The first kappa shape index (κ1) is 16.3. The van der Waals surface area contributed by atoms with E-state index in [2.05, 4.69) is 5.32 Å². The lowest BCUT2D eigenvalue weighted by Crippen LogP contribution is -2.44. The lowest BCUT2D eigenvalue weighted by atomic mass is 9.87. The summed E-state index contributed by atoms with van der Waals surface area (Å²) in [7, 11) is 0. The summed E-state index contributed by atoms with van der Waals surface area (Å²) >= 11 is 6.02. The molecule has 1 N–H and O–H groups in total. The Kier molecular flexibility index (Phi) is 4.30. The van der Waals surface area contributed by atoms with Gasteiger partial charge in [-0.3, -0.25) is 4.79 Å². The van der Waals surface area contributed by atoms with Crippen LogP contribution in [0.2, 0.25) is 5.02 Å². The van der Waals surface area contributed by atoms with Crippen molar-refractivity contribution in [3.8, 4) is 11.5 Å². The molecule has 0 spiro atoms. The Morgan fingerprint density at radius 2 is 1.88 bits per heavy atom. The van der Waals surface area contributed by atoms with E-state index >= 15 is 0 Å². The Morgan fingerprint density at radius 1 is 1.08 bits per heavy atom. The summed E-state index contributed by atoms with van der Waals surface area (Å²) < 4.78 is 10.9. The predicted octanol–water partition coefficient (Wildman–Crippen LogP) is 4.20. The number of carbonyl (C=O) groups is 1. The third-order valence-corrected chi connectivity index (χ3v) is 5.25. The van der Waals surface area contributed by atoms with Crippen LogP contribution in [0.5, 0.6) is 11.5 Å². The summed E-state index contributed by atoms with van der Waals surface area (Å²) in [6, 6.07) is 13.4. The van der Waals surface area contributed by atoms with E-state index < -0.39 is 0 Å². The van der Waals surface area contributed by atoms with Crippen molar-refractivity contribution in [1.82, 2.24) is 5.32 Å². The van der Waals surface area contributed by atoms with Gasteiger partial charge in [0.2, 0.25) is 12.7 Å². The molecule has 0 bridgehead atoms. The molecule has 1 saturated carbocycles. The van der Waals surface area contributed by atoms with E-state index in [1.165, 1.54) is 0 Å². The number of benzene rings is 2. The smallest absolute Gasteiger partial charge is 0.231 e. The van der Waals surface area contributed by atoms with Crippen molar-refractivity contribution in [3.63, 3.8) is 0 Å². The number of amides is 1. The molecule has 4 rings (SSSR count). The minimum Gasteiger partial charge on any atom is -0.454 e. The van der Waals surface area contributed by atoms with Crippen LogP contribution < -0.4 is 14.8 Å². The average Bonchev–Trinajstić information content (AvgIpc) is 3.23. The number of fused-ring (bicyclic) bond motifs is 1. The van der Waals surface area contributed by atoms with E-state index in [9.17, 15) is 4.79 Å². The minimum absolute atomic E-state index is 0.0156. The zero-order chi connectivity index (χ0) is 17.3. The number of halogens is 1. The summed E-state index contributed by atoms with van der Waals surface area (Å²) in [6.07, 6.45) is 4.41. The number of nitrogens with one attached hydrogen (secondary N) is 1. The standard InChI is InChI=1S/C20H20ClNO3/c21-16-5-3-4-14(10-16)11-19(23)22-20(8-1-2-9-20)15-6-7-17-18(12-15)25-13-24-17/h3-7,10,12H,1-2,8-9,11,13H2,(H,22,23). The first-order chi connectivity index (χ1) is 12.1. The van der Waals surface area contributed by atoms with Crippen molar-refractivity contribution >= 4 is 17.5 Å². The molecule has 4 nitrogen and oxygen atoms in total. The molecule has 1 amide bonds. The second-order valence-corrected chi connectivity index (χ2v) is 7.15. The highest BCUT2D eigenvalue weighted by Crippen LogP contribution is 2.43. The van der Waals surface area contributed by atoms with Crippen LogP contribution in [0.25, 0.3) is 0 Å². The normalized spacial score (nSPS) is 17.5. The highest BCUT2D eigenvalue weighted by atomic mass is 35.5. The summed E-state index contributed by atoms with van der Waals surface area (Å²) in [4.78, 5) is 12.7. The maximum Gasteiger partial charge on any atom is 0.231 e. The summed E-state index contributed by atoms with van der Waals surface area (Å²) in [6.45, 7) is 0.257. The number of rotatable bonds is 4. The number of hydrogen-bond donors (Lipinski definition) is 1. The van der Waals surface area contributed by atoms with Gasteiger partial charge in [0, 0.05) is 5.02 Å². The molecule has 2 aromatic rings. The third-order valence-electron chi connectivity index (χ3n) is 5.01. The van der Waals surface area contributed by atoms with Crippen LogP contribution in [-0.2, 0) is 16.8 Å². The summed E-state index contributed by atoms with van der Waals surface area (Å²) in [5.74, 6) is 1.54. The first-order valence-electron chi connectivity index (χ1n) is 8.60. The zero-order valence-corrected chi connectivity index (χ0v) is 14.6. The molecule has 0 saturated heterocycles. The van der Waals surface area contributed by atoms with E-state index in [0.29, 0.717) is 11.4 Å². The predicted molar refractivity (Wildman–Crippen MR) is 96.0 cm³/mol. The minimum atomic E-state index is -0.323. The van der Waals surface area contributed by atoms with Crippen molar-refractivity contribution in [2.24, 2.45) is 0 Å². The topological polar surface area (TPSA) is 47.6 Å². The number of carbonyl (C=O) groups excluding carboxylic acids is 1. The lowest BCUT2D eigenvalue weighted by Gasteiger charge is -2.31. The fourth-order valence-corrected chi connectivity index (χ4v) is 4.01. The Hall–Kier alpha value is -2.20. The van der Waals surface area contributed by atoms with Gasteiger partial charge in [-0.25, -0.2) is 0 Å². The van der Waals surface area contributed by atoms with E-state index in [1.807, 2.05) is 42.5 Å². The molecule has 130 valence electrons. The molecule has 0 radical (unpaired) electrons. The van der Waals surface area contributed by atoms with Crippen LogP contribution in [0.1, 0.15) is 36.8 Å². The Labute approximate surface area is 152 Å². The zero-order valence-electron chi connectivity index (χ0n) is 13.9. The molecular formula is C20H20ClNO3. The molecule has 1 fully saturated rings. The van der Waals surface area contributed by atoms with Gasteiger partial charge in [-0.05, 0) is 48.2 Å². The monoisotopic (exact) mass is 357 g/mol. The molecule has 1 heterocycles. The fourth-order valence-electron chi connectivity index (χ4n) is 3.80. The van der Waals surface area contributed by atoms with Gasteiger partial charge in [-0.2, -0.15) is 0 Å². The Morgan fingerprint density at radius 3 is 2.68 bits per heavy atom. The molecule has 5 heteroatoms. The molecule has 25 heavy (non-hydrogen) atoms. The van der Waals surface area contributed by atoms with Gasteiger partial charge in [0.1, 0.15) is 0 Å². The van der Waals surface area contributed by atoms with Crippen LogP contribution in [-0.4, -0.2) is 12.7 Å². The average molecular weight is 358 g/mol. The van der Waals surface area contributed by atoms with Crippen molar-refractivity contribution in [2.75, 3.05) is 6.79 Å². The highest BCUT2D eigenvalue weighted by molar-refractivity contribution is 6.30.